The van der Waals surface area contributed by atoms with Crippen LogP contribution in [0.15, 0.2) is 71.8 Å². The Kier molecular flexibility index (Phi) is 6.27. The number of amides is 2. The smallest absolute Gasteiger partial charge is 0.255 e. The molecule has 0 saturated carbocycles. The Balaban J connectivity index is 1.73. The lowest BCUT2D eigenvalue weighted by Gasteiger charge is -2.11. The van der Waals surface area contributed by atoms with Crippen LogP contribution in [0.1, 0.15) is 32.0 Å². The van der Waals surface area contributed by atoms with Gasteiger partial charge in [-0.15, -0.1) is 0 Å². The molecular formula is C22H21N3O4S. The second-order valence-electron chi connectivity index (χ2n) is 6.79. The molecule has 0 aliphatic carbocycles. The average molecular weight is 423 g/mol. The van der Waals surface area contributed by atoms with Crippen LogP contribution in [0.25, 0.3) is 0 Å². The van der Waals surface area contributed by atoms with Crippen molar-refractivity contribution in [1.82, 2.24) is 10.3 Å². The summed E-state index contributed by atoms with van der Waals surface area (Å²) in [6.45, 7) is 2.01. The third-order valence-corrected chi connectivity index (χ3v) is 5.53. The Morgan fingerprint density at radius 1 is 0.967 bits per heavy atom. The van der Waals surface area contributed by atoms with Gasteiger partial charge in [-0.3, -0.25) is 14.6 Å². The molecule has 3 rings (SSSR count). The van der Waals surface area contributed by atoms with E-state index in [-0.39, 0.29) is 22.9 Å². The van der Waals surface area contributed by atoms with Crippen LogP contribution in [-0.2, 0) is 16.4 Å². The van der Waals surface area contributed by atoms with E-state index >= 15 is 0 Å². The summed E-state index contributed by atoms with van der Waals surface area (Å²) in [7, 11) is -3.43. The van der Waals surface area contributed by atoms with Gasteiger partial charge in [0.15, 0.2) is 9.84 Å². The van der Waals surface area contributed by atoms with Crippen molar-refractivity contribution in [1.29, 1.82) is 0 Å². The van der Waals surface area contributed by atoms with Crippen LogP contribution in [0.4, 0.5) is 5.69 Å². The quantitative estimate of drug-likeness (QED) is 0.634. The normalized spacial score (nSPS) is 11.0. The van der Waals surface area contributed by atoms with Gasteiger partial charge in [0.2, 0.25) is 0 Å². The van der Waals surface area contributed by atoms with Gasteiger partial charge in [0.1, 0.15) is 0 Å². The molecule has 2 amide bonds. The molecule has 30 heavy (non-hydrogen) atoms. The Hall–Kier alpha value is -3.52. The molecule has 0 bridgehead atoms. The summed E-state index contributed by atoms with van der Waals surface area (Å²) in [6, 6.07) is 16.4. The molecule has 0 aliphatic heterocycles. The topological polar surface area (TPSA) is 105 Å². The molecule has 0 atom stereocenters. The molecule has 154 valence electrons. The third-order valence-electron chi connectivity index (χ3n) is 4.42. The number of rotatable bonds is 6. The number of benzene rings is 2. The average Bonchev–Trinajstić information content (AvgIpc) is 2.72. The first kappa shape index (κ1) is 21.2. The van der Waals surface area contributed by atoms with Crippen LogP contribution < -0.4 is 10.6 Å². The number of carbonyl (C=O) groups is 2. The summed E-state index contributed by atoms with van der Waals surface area (Å²) in [4.78, 5) is 29.3. The van der Waals surface area contributed by atoms with E-state index in [2.05, 4.69) is 15.6 Å². The van der Waals surface area contributed by atoms with Crippen molar-refractivity contribution < 1.29 is 18.0 Å². The lowest BCUT2D eigenvalue weighted by atomic mass is 10.1. The molecule has 3 aromatic rings. The summed E-state index contributed by atoms with van der Waals surface area (Å²) in [5.41, 5.74) is 2.43. The lowest BCUT2D eigenvalue weighted by molar-refractivity contribution is 0.0949. The number of aryl methyl sites for hydroxylation is 1. The van der Waals surface area contributed by atoms with Crippen molar-refractivity contribution in [3.05, 3.63) is 89.2 Å². The molecule has 8 heteroatoms. The molecule has 0 radical (unpaired) electrons. The molecule has 2 N–H and O–H groups in total. The van der Waals surface area contributed by atoms with Gasteiger partial charge < -0.3 is 10.6 Å². The van der Waals surface area contributed by atoms with Crippen molar-refractivity contribution in [3.8, 4) is 0 Å². The van der Waals surface area contributed by atoms with Crippen LogP contribution >= 0.6 is 0 Å². The van der Waals surface area contributed by atoms with Crippen molar-refractivity contribution >= 4 is 27.3 Å². The van der Waals surface area contributed by atoms with Crippen molar-refractivity contribution in [2.45, 2.75) is 18.4 Å². The SMILES string of the molecule is Cc1ccc(S(C)(=O)=O)cc1C(=O)Nc1cccc(C(=O)NCc2ccccn2)c1. The molecular weight excluding hydrogens is 402 g/mol. The molecule has 1 heterocycles. The first-order valence-corrected chi connectivity index (χ1v) is 11.0. The summed E-state index contributed by atoms with van der Waals surface area (Å²) in [5.74, 6) is -0.754. The number of nitrogens with one attached hydrogen (secondary N) is 2. The van der Waals surface area contributed by atoms with E-state index in [0.29, 0.717) is 16.8 Å². The van der Waals surface area contributed by atoms with E-state index in [1.54, 1.807) is 49.5 Å². The predicted octanol–water partition coefficient (Wildman–Crippen LogP) is 2.98. The maximum absolute atomic E-state index is 12.7. The fourth-order valence-electron chi connectivity index (χ4n) is 2.79. The highest BCUT2D eigenvalue weighted by molar-refractivity contribution is 7.90. The van der Waals surface area contributed by atoms with Gasteiger partial charge in [-0.1, -0.05) is 18.2 Å². The molecule has 0 saturated heterocycles. The zero-order valence-corrected chi connectivity index (χ0v) is 17.4. The van der Waals surface area contributed by atoms with Gasteiger partial charge in [-0.05, 0) is 55.0 Å². The summed E-state index contributed by atoms with van der Waals surface area (Å²) < 4.78 is 23.6. The van der Waals surface area contributed by atoms with Gasteiger partial charge in [0.05, 0.1) is 17.1 Å². The molecule has 0 spiro atoms. The number of aromatic nitrogens is 1. The molecule has 0 aliphatic rings. The van der Waals surface area contributed by atoms with Gasteiger partial charge >= 0.3 is 0 Å². The van der Waals surface area contributed by atoms with Crippen molar-refractivity contribution in [2.24, 2.45) is 0 Å². The number of pyridine rings is 1. The highest BCUT2D eigenvalue weighted by Crippen LogP contribution is 2.18. The van der Waals surface area contributed by atoms with Gasteiger partial charge in [0, 0.05) is 29.3 Å². The number of hydrogen-bond donors (Lipinski definition) is 2. The minimum absolute atomic E-state index is 0.0703. The standard InChI is InChI=1S/C22H21N3O4S/c1-15-9-10-19(30(2,28)29)13-20(15)22(27)25-17-8-5-6-16(12-17)21(26)24-14-18-7-3-4-11-23-18/h3-13H,14H2,1-2H3,(H,24,26)(H,25,27). The number of sulfone groups is 1. The maximum atomic E-state index is 12.7. The Morgan fingerprint density at radius 3 is 2.47 bits per heavy atom. The fraction of sp³-hybridized carbons (Fsp3) is 0.136. The molecule has 2 aromatic carbocycles. The second-order valence-corrected chi connectivity index (χ2v) is 8.80. The van der Waals surface area contributed by atoms with E-state index in [1.807, 2.05) is 12.1 Å². The summed E-state index contributed by atoms with van der Waals surface area (Å²) >= 11 is 0. The Morgan fingerprint density at radius 2 is 1.77 bits per heavy atom. The van der Waals surface area contributed by atoms with E-state index < -0.39 is 15.7 Å². The zero-order chi connectivity index (χ0) is 21.7. The zero-order valence-electron chi connectivity index (χ0n) is 16.5. The lowest BCUT2D eigenvalue weighted by Crippen LogP contribution is -2.23. The van der Waals surface area contributed by atoms with Gasteiger partial charge in [0.25, 0.3) is 11.8 Å². The largest absolute Gasteiger partial charge is 0.346 e. The minimum Gasteiger partial charge on any atom is -0.346 e. The van der Waals surface area contributed by atoms with E-state index in [1.165, 1.54) is 12.1 Å². The summed E-state index contributed by atoms with van der Waals surface area (Å²) in [5, 5.41) is 5.50. The molecule has 7 nitrogen and oxygen atoms in total. The predicted molar refractivity (Wildman–Crippen MR) is 114 cm³/mol. The first-order valence-electron chi connectivity index (χ1n) is 9.14. The van der Waals surface area contributed by atoms with Crippen LogP contribution in [0.2, 0.25) is 0 Å². The highest BCUT2D eigenvalue weighted by atomic mass is 32.2. The second kappa shape index (κ2) is 8.87. The monoisotopic (exact) mass is 423 g/mol. The molecule has 1 aromatic heterocycles. The van der Waals surface area contributed by atoms with Crippen LogP contribution in [-0.4, -0.2) is 31.5 Å². The maximum Gasteiger partial charge on any atom is 0.255 e. The van der Waals surface area contributed by atoms with E-state index in [0.717, 1.165) is 11.9 Å². The Bertz CT molecular complexity index is 1190. The first-order chi connectivity index (χ1) is 14.2. The van der Waals surface area contributed by atoms with Crippen LogP contribution in [0.5, 0.6) is 0 Å². The number of carbonyl (C=O) groups excluding carboxylic acids is 2. The number of anilines is 1. The fourth-order valence-corrected chi connectivity index (χ4v) is 3.44. The summed E-state index contributed by atoms with van der Waals surface area (Å²) in [6.07, 6.45) is 2.74. The Labute approximate surface area is 175 Å². The van der Waals surface area contributed by atoms with E-state index in [4.69, 9.17) is 0 Å². The number of hydrogen-bond acceptors (Lipinski definition) is 5. The highest BCUT2D eigenvalue weighted by Gasteiger charge is 2.15. The third kappa shape index (κ3) is 5.30. The van der Waals surface area contributed by atoms with Crippen LogP contribution in [0.3, 0.4) is 0 Å². The van der Waals surface area contributed by atoms with Crippen molar-refractivity contribution in [3.63, 3.8) is 0 Å². The van der Waals surface area contributed by atoms with Gasteiger partial charge in [-0.25, -0.2) is 8.42 Å². The number of nitrogens with zero attached hydrogens (tertiary/aromatic N) is 1. The molecule has 0 fully saturated rings. The molecule has 0 unspecified atom stereocenters. The van der Waals surface area contributed by atoms with E-state index in [9.17, 15) is 18.0 Å². The van der Waals surface area contributed by atoms with Crippen LogP contribution in [0, 0.1) is 6.92 Å². The van der Waals surface area contributed by atoms with Crippen molar-refractivity contribution in [2.75, 3.05) is 11.6 Å². The minimum atomic E-state index is -3.43. The van der Waals surface area contributed by atoms with Gasteiger partial charge in [-0.2, -0.15) is 0 Å².